The SMILES string of the molecule is N#Cc1cnc(-c2c(F)ccc([N+](=O)[O-])c2F)[nH]c1=O. The fourth-order valence-corrected chi connectivity index (χ4v) is 1.50. The third-order valence-corrected chi connectivity index (χ3v) is 2.42. The van der Waals surface area contributed by atoms with Gasteiger partial charge in [0.15, 0.2) is 0 Å². The van der Waals surface area contributed by atoms with Crippen LogP contribution in [0, 0.1) is 33.1 Å². The number of nitro benzene ring substituents is 1. The number of aromatic nitrogens is 2. The number of hydrogen-bond donors (Lipinski definition) is 1. The molecule has 0 aliphatic heterocycles. The summed E-state index contributed by atoms with van der Waals surface area (Å²) in [6.45, 7) is 0. The standard InChI is InChI=1S/C11H4F2N4O3/c12-6-1-2-7(17(19)20)9(13)8(6)10-15-4-5(3-14)11(18)16-10/h1-2,4H,(H,15,16,18). The maximum Gasteiger partial charge on any atom is 0.305 e. The molecule has 1 heterocycles. The second-order valence-corrected chi connectivity index (χ2v) is 3.60. The van der Waals surface area contributed by atoms with Crippen LogP contribution in [0.2, 0.25) is 0 Å². The summed E-state index contributed by atoms with van der Waals surface area (Å²) in [5.41, 5.74) is -3.03. The summed E-state index contributed by atoms with van der Waals surface area (Å²) in [5.74, 6) is -3.11. The summed E-state index contributed by atoms with van der Waals surface area (Å²) in [6.07, 6.45) is 0.825. The van der Waals surface area contributed by atoms with Gasteiger partial charge in [0.25, 0.3) is 5.56 Å². The van der Waals surface area contributed by atoms with E-state index in [0.29, 0.717) is 12.1 Å². The Balaban J connectivity index is 2.73. The molecular formula is C11H4F2N4O3. The zero-order valence-electron chi connectivity index (χ0n) is 9.55. The van der Waals surface area contributed by atoms with Crippen LogP contribution in [0.15, 0.2) is 23.1 Å². The molecule has 0 radical (unpaired) electrons. The van der Waals surface area contributed by atoms with Crippen LogP contribution in [0.5, 0.6) is 0 Å². The minimum Gasteiger partial charge on any atom is -0.305 e. The van der Waals surface area contributed by atoms with Gasteiger partial charge in [0.2, 0.25) is 5.82 Å². The summed E-state index contributed by atoms with van der Waals surface area (Å²) in [4.78, 5) is 26.5. The number of nitriles is 1. The van der Waals surface area contributed by atoms with Gasteiger partial charge < -0.3 is 4.98 Å². The molecule has 100 valence electrons. The number of nitrogens with one attached hydrogen (secondary N) is 1. The normalized spacial score (nSPS) is 10.1. The van der Waals surface area contributed by atoms with Crippen LogP contribution in [0.1, 0.15) is 5.56 Å². The van der Waals surface area contributed by atoms with Gasteiger partial charge in [-0.05, 0) is 6.07 Å². The lowest BCUT2D eigenvalue weighted by atomic mass is 10.1. The number of aromatic amines is 1. The third kappa shape index (κ3) is 2.10. The average Bonchev–Trinajstić information content (AvgIpc) is 2.38. The maximum atomic E-state index is 13.9. The lowest BCUT2D eigenvalue weighted by molar-refractivity contribution is -0.387. The first-order chi connectivity index (χ1) is 9.45. The van der Waals surface area contributed by atoms with Crippen molar-refractivity contribution in [3.05, 3.63) is 56.0 Å². The van der Waals surface area contributed by atoms with Gasteiger partial charge in [0.1, 0.15) is 23.3 Å². The monoisotopic (exact) mass is 278 g/mol. The molecule has 0 unspecified atom stereocenters. The van der Waals surface area contributed by atoms with E-state index in [4.69, 9.17) is 5.26 Å². The van der Waals surface area contributed by atoms with Crippen LogP contribution in [0.3, 0.4) is 0 Å². The summed E-state index contributed by atoms with van der Waals surface area (Å²) >= 11 is 0. The van der Waals surface area contributed by atoms with E-state index >= 15 is 0 Å². The smallest absolute Gasteiger partial charge is 0.305 e. The summed E-state index contributed by atoms with van der Waals surface area (Å²) in [7, 11) is 0. The lowest BCUT2D eigenvalue weighted by Crippen LogP contribution is -2.13. The van der Waals surface area contributed by atoms with Gasteiger partial charge in [0.05, 0.1) is 16.7 Å². The number of rotatable bonds is 2. The molecule has 1 N–H and O–H groups in total. The van der Waals surface area contributed by atoms with Gasteiger partial charge in [-0.3, -0.25) is 14.9 Å². The van der Waals surface area contributed by atoms with E-state index in [1.165, 1.54) is 6.07 Å². The van der Waals surface area contributed by atoms with Crippen molar-refractivity contribution < 1.29 is 13.7 Å². The van der Waals surface area contributed by atoms with Crippen molar-refractivity contribution in [3.63, 3.8) is 0 Å². The maximum absolute atomic E-state index is 13.9. The number of nitrogens with zero attached hydrogens (tertiary/aromatic N) is 3. The first kappa shape index (κ1) is 13.3. The van der Waals surface area contributed by atoms with Crippen LogP contribution in [0.25, 0.3) is 11.4 Å². The molecule has 9 heteroatoms. The molecule has 2 rings (SSSR count). The van der Waals surface area contributed by atoms with Crippen molar-refractivity contribution in [1.29, 1.82) is 5.26 Å². The van der Waals surface area contributed by atoms with Crippen molar-refractivity contribution in [2.75, 3.05) is 0 Å². The molecule has 0 aliphatic rings. The number of hydrogen-bond acceptors (Lipinski definition) is 5. The first-order valence-electron chi connectivity index (χ1n) is 5.08. The molecule has 0 bridgehead atoms. The van der Waals surface area contributed by atoms with Crippen molar-refractivity contribution in [2.24, 2.45) is 0 Å². The predicted octanol–water partition coefficient (Wildman–Crippen LogP) is 1.49. The largest absolute Gasteiger partial charge is 0.305 e. The van der Waals surface area contributed by atoms with Gasteiger partial charge in [-0.15, -0.1) is 0 Å². The molecule has 2 aromatic rings. The molecule has 20 heavy (non-hydrogen) atoms. The Morgan fingerprint density at radius 3 is 2.65 bits per heavy atom. The molecule has 1 aromatic carbocycles. The molecule has 0 aliphatic carbocycles. The molecule has 0 amide bonds. The molecule has 0 fully saturated rings. The van der Waals surface area contributed by atoms with E-state index in [-0.39, 0.29) is 5.56 Å². The molecule has 0 atom stereocenters. The molecule has 7 nitrogen and oxygen atoms in total. The predicted molar refractivity (Wildman–Crippen MR) is 61.6 cm³/mol. The van der Waals surface area contributed by atoms with Gasteiger partial charge in [-0.1, -0.05) is 0 Å². The van der Waals surface area contributed by atoms with Crippen molar-refractivity contribution in [2.45, 2.75) is 0 Å². The van der Waals surface area contributed by atoms with E-state index in [2.05, 4.69) is 4.98 Å². The topological polar surface area (TPSA) is 113 Å². The number of halogens is 2. The molecular weight excluding hydrogens is 274 g/mol. The number of H-pyrrole nitrogens is 1. The second kappa shape index (κ2) is 4.85. The van der Waals surface area contributed by atoms with Crippen LogP contribution in [-0.2, 0) is 0 Å². The number of benzene rings is 1. The van der Waals surface area contributed by atoms with Gasteiger partial charge >= 0.3 is 5.69 Å². The highest BCUT2D eigenvalue weighted by molar-refractivity contribution is 5.61. The molecule has 0 saturated heterocycles. The van der Waals surface area contributed by atoms with Crippen LogP contribution < -0.4 is 5.56 Å². The van der Waals surface area contributed by atoms with E-state index in [1.807, 2.05) is 4.98 Å². The molecule has 0 saturated carbocycles. The second-order valence-electron chi connectivity index (χ2n) is 3.60. The highest BCUT2D eigenvalue weighted by Crippen LogP contribution is 2.28. The zero-order valence-corrected chi connectivity index (χ0v) is 9.55. The summed E-state index contributed by atoms with van der Waals surface area (Å²) < 4.78 is 27.5. The number of nitro groups is 1. The lowest BCUT2D eigenvalue weighted by Gasteiger charge is -2.04. The Labute approximate surface area is 109 Å². The zero-order chi connectivity index (χ0) is 14.9. The Hall–Kier alpha value is -3.15. The molecule has 0 spiro atoms. The average molecular weight is 278 g/mol. The Morgan fingerprint density at radius 1 is 1.40 bits per heavy atom. The fraction of sp³-hybridized carbons (Fsp3) is 0. The summed E-state index contributed by atoms with van der Waals surface area (Å²) in [5, 5.41) is 19.2. The molecule has 1 aromatic heterocycles. The van der Waals surface area contributed by atoms with Crippen LogP contribution >= 0.6 is 0 Å². The Bertz CT molecular complexity index is 810. The minimum atomic E-state index is -1.46. The van der Waals surface area contributed by atoms with E-state index in [9.17, 15) is 23.7 Å². The van der Waals surface area contributed by atoms with Crippen molar-refractivity contribution in [1.82, 2.24) is 9.97 Å². The summed E-state index contributed by atoms with van der Waals surface area (Å²) in [6, 6.07) is 2.88. The van der Waals surface area contributed by atoms with Gasteiger partial charge in [-0.25, -0.2) is 9.37 Å². The van der Waals surface area contributed by atoms with Crippen LogP contribution in [-0.4, -0.2) is 14.9 Å². The van der Waals surface area contributed by atoms with Crippen LogP contribution in [0.4, 0.5) is 14.5 Å². The van der Waals surface area contributed by atoms with Gasteiger partial charge in [-0.2, -0.15) is 9.65 Å². The van der Waals surface area contributed by atoms with Gasteiger partial charge in [0, 0.05) is 6.07 Å². The quantitative estimate of drug-likeness (QED) is 0.660. The van der Waals surface area contributed by atoms with E-state index in [0.717, 1.165) is 6.20 Å². The van der Waals surface area contributed by atoms with Crippen molar-refractivity contribution >= 4 is 5.69 Å². The minimum absolute atomic E-state index is 0.347. The Kier molecular flexibility index (Phi) is 3.22. The van der Waals surface area contributed by atoms with Crippen molar-refractivity contribution in [3.8, 4) is 17.5 Å². The van der Waals surface area contributed by atoms with E-state index in [1.54, 1.807) is 0 Å². The first-order valence-corrected chi connectivity index (χ1v) is 5.08. The Morgan fingerprint density at radius 2 is 2.10 bits per heavy atom. The highest BCUT2D eigenvalue weighted by Gasteiger charge is 2.24. The fourth-order valence-electron chi connectivity index (χ4n) is 1.50. The van der Waals surface area contributed by atoms with E-state index < -0.39 is 39.2 Å². The highest BCUT2D eigenvalue weighted by atomic mass is 19.1. The third-order valence-electron chi connectivity index (χ3n) is 2.42.